The Morgan fingerprint density at radius 2 is 2.06 bits per heavy atom. The van der Waals surface area contributed by atoms with Crippen LogP contribution in [-0.4, -0.2) is 9.91 Å². The molecule has 1 aromatic heterocycles. The van der Waals surface area contributed by atoms with E-state index in [1.807, 2.05) is 0 Å². The van der Waals surface area contributed by atoms with Gasteiger partial charge in [0.2, 0.25) is 11.6 Å². The summed E-state index contributed by atoms with van der Waals surface area (Å²) in [5.41, 5.74) is 5.92. The first-order valence-corrected chi connectivity index (χ1v) is 4.79. The molecule has 0 fully saturated rings. The number of ether oxygens (including phenoxy) is 1. The number of hydrogen-bond donors (Lipinski definition) is 1. The molecule has 0 aliphatic heterocycles. The first kappa shape index (κ1) is 10.9. The van der Waals surface area contributed by atoms with Gasteiger partial charge in [-0.25, -0.2) is 4.98 Å². The summed E-state index contributed by atoms with van der Waals surface area (Å²) in [6.07, 6.45) is 1.47. The van der Waals surface area contributed by atoms with E-state index in [2.05, 4.69) is 4.98 Å². The zero-order valence-electron chi connectivity index (χ0n) is 8.74. The number of anilines is 1. The van der Waals surface area contributed by atoms with Crippen LogP contribution in [0.1, 0.15) is 0 Å². The van der Waals surface area contributed by atoms with Gasteiger partial charge in [-0.1, -0.05) is 12.1 Å². The first-order valence-electron chi connectivity index (χ1n) is 4.79. The number of rotatable bonds is 3. The molecule has 0 atom stereocenters. The predicted octanol–water partition coefficient (Wildman–Crippen LogP) is 2.36. The van der Waals surface area contributed by atoms with Gasteiger partial charge in [-0.3, -0.25) is 10.1 Å². The molecule has 0 saturated carbocycles. The van der Waals surface area contributed by atoms with Crippen LogP contribution in [0.2, 0.25) is 0 Å². The van der Waals surface area contributed by atoms with Crippen molar-refractivity contribution < 1.29 is 9.66 Å². The summed E-state index contributed by atoms with van der Waals surface area (Å²) in [5.74, 6) is 0.356. The van der Waals surface area contributed by atoms with Crippen molar-refractivity contribution in [2.24, 2.45) is 0 Å². The van der Waals surface area contributed by atoms with Gasteiger partial charge in [-0.15, -0.1) is 0 Å². The molecule has 2 N–H and O–H groups in total. The zero-order valence-corrected chi connectivity index (χ0v) is 8.74. The summed E-state index contributed by atoms with van der Waals surface area (Å²) in [6.45, 7) is 0. The van der Waals surface area contributed by atoms with Gasteiger partial charge in [-0.2, -0.15) is 0 Å². The van der Waals surface area contributed by atoms with Gasteiger partial charge < -0.3 is 10.5 Å². The molecule has 0 saturated heterocycles. The minimum absolute atomic E-state index is 0.114. The van der Waals surface area contributed by atoms with Crippen molar-refractivity contribution in [2.45, 2.75) is 0 Å². The average molecular weight is 231 g/mol. The number of nitrogens with two attached hydrogens (primary N) is 1. The fourth-order valence-electron chi connectivity index (χ4n) is 1.29. The Balaban J connectivity index is 2.33. The monoisotopic (exact) mass is 231 g/mol. The highest BCUT2D eigenvalue weighted by atomic mass is 16.6. The number of aromatic nitrogens is 1. The zero-order chi connectivity index (χ0) is 12.3. The van der Waals surface area contributed by atoms with E-state index in [1.165, 1.54) is 24.4 Å². The highest BCUT2D eigenvalue weighted by molar-refractivity contribution is 5.48. The van der Waals surface area contributed by atoms with Crippen LogP contribution in [0, 0.1) is 10.1 Å². The Kier molecular flexibility index (Phi) is 2.87. The second-order valence-electron chi connectivity index (χ2n) is 3.25. The molecule has 1 heterocycles. The number of nitro benzene ring substituents is 1. The second kappa shape index (κ2) is 4.48. The molecule has 6 heteroatoms. The van der Waals surface area contributed by atoms with E-state index in [1.54, 1.807) is 18.2 Å². The lowest BCUT2D eigenvalue weighted by Crippen LogP contribution is -1.95. The molecule has 0 aliphatic carbocycles. The van der Waals surface area contributed by atoms with Crippen LogP contribution in [-0.2, 0) is 0 Å². The van der Waals surface area contributed by atoms with Gasteiger partial charge >= 0.3 is 5.69 Å². The van der Waals surface area contributed by atoms with E-state index in [4.69, 9.17) is 10.5 Å². The van der Waals surface area contributed by atoms with Crippen molar-refractivity contribution in [1.82, 2.24) is 4.98 Å². The van der Waals surface area contributed by atoms with Gasteiger partial charge in [0.15, 0.2) is 0 Å². The molecule has 0 bridgehead atoms. The van der Waals surface area contributed by atoms with Crippen LogP contribution in [0.4, 0.5) is 11.4 Å². The Labute approximate surface area is 96.8 Å². The summed E-state index contributed by atoms with van der Waals surface area (Å²) in [5, 5.41) is 10.8. The maximum atomic E-state index is 10.8. The maximum absolute atomic E-state index is 10.8. The number of para-hydroxylation sites is 2. The quantitative estimate of drug-likeness (QED) is 0.646. The van der Waals surface area contributed by atoms with Crippen molar-refractivity contribution in [3.05, 3.63) is 52.7 Å². The smallest absolute Gasteiger partial charge is 0.311 e. The SMILES string of the molecule is Nc1ccnc(Oc2ccccc2[N+](=O)[O-])c1. The largest absolute Gasteiger partial charge is 0.432 e. The molecule has 0 radical (unpaired) electrons. The average Bonchev–Trinajstić information content (AvgIpc) is 2.29. The summed E-state index contributed by atoms with van der Waals surface area (Å²) in [7, 11) is 0. The first-order chi connectivity index (χ1) is 8.16. The predicted molar refractivity (Wildman–Crippen MR) is 61.8 cm³/mol. The van der Waals surface area contributed by atoms with Crippen molar-refractivity contribution in [3.8, 4) is 11.6 Å². The van der Waals surface area contributed by atoms with Crippen LogP contribution in [0.25, 0.3) is 0 Å². The number of hydrogen-bond acceptors (Lipinski definition) is 5. The second-order valence-corrected chi connectivity index (χ2v) is 3.25. The van der Waals surface area contributed by atoms with Crippen molar-refractivity contribution in [1.29, 1.82) is 0 Å². The van der Waals surface area contributed by atoms with E-state index in [0.29, 0.717) is 5.69 Å². The highest BCUT2D eigenvalue weighted by Crippen LogP contribution is 2.30. The fraction of sp³-hybridized carbons (Fsp3) is 0. The molecule has 86 valence electrons. The Bertz CT molecular complexity index is 557. The van der Waals surface area contributed by atoms with E-state index >= 15 is 0 Å². The van der Waals surface area contributed by atoms with Crippen LogP contribution in [0.3, 0.4) is 0 Å². The van der Waals surface area contributed by atoms with Crippen molar-refractivity contribution >= 4 is 11.4 Å². The molecule has 2 rings (SSSR count). The number of benzene rings is 1. The molecule has 0 amide bonds. The van der Waals surface area contributed by atoms with E-state index in [9.17, 15) is 10.1 Å². The number of nitrogen functional groups attached to an aromatic ring is 1. The standard InChI is InChI=1S/C11H9N3O3/c12-8-5-6-13-11(7-8)17-10-4-2-1-3-9(10)14(15)16/h1-7H,(H2,12,13). The van der Waals surface area contributed by atoms with E-state index in [-0.39, 0.29) is 17.3 Å². The molecule has 2 aromatic rings. The van der Waals surface area contributed by atoms with Crippen LogP contribution in [0.15, 0.2) is 42.6 Å². The third-order valence-electron chi connectivity index (χ3n) is 2.04. The summed E-state index contributed by atoms with van der Waals surface area (Å²) < 4.78 is 5.32. The van der Waals surface area contributed by atoms with Crippen LogP contribution in [0.5, 0.6) is 11.6 Å². The molecular weight excluding hydrogens is 222 g/mol. The molecule has 0 aliphatic rings. The Morgan fingerprint density at radius 3 is 2.76 bits per heavy atom. The number of nitrogens with zero attached hydrogens (tertiary/aromatic N) is 2. The molecule has 0 unspecified atom stereocenters. The topological polar surface area (TPSA) is 91.3 Å². The van der Waals surface area contributed by atoms with Gasteiger partial charge in [0, 0.05) is 24.0 Å². The summed E-state index contributed by atoms with van der Waals surface area (Å²) in [6, 6.07) is 9.18. The maximum Gasteiger partial charge on any atom is 0.311 e. The fourth-order valence-corrected chi connectivity index (χ4v) is 1.29. The number of pyridine rings is 1. The van der Waals surface area contributed by atoms with Crippen LogP contribution >= 0.6 is 0 Å². The summed E-state index contributed by atoms with van der Waals surface area (Å²) in [4.78, 5) is 14.2. The molecule has 6 nitrogen and oxygen atoms in total. The Morgan fingerprint density at radius 1 is 1.29 bits per heavy atom. The highest BCUT2D eigenvalue weighted by Gasteiger charge is 2.14. The molecule has 17 heavy (non-hydrogen) atoms. The van der Waals surface area contributed by atoms with E-state index in [0.717, 1.165) is 0 Å². The lowest BCUT2D eigenvalue weighted by Gasteiger charge is -2.05. The molecule has 1 aromatic carbocycles. The Hall–Kier alpha value is -2.63. The van der Waals surface area contributed by atoms with Crippen molar-refractivity contribution in [2.75, 3.05) is 5.73 Å². The van der Waals surface area contributed by atoms with Gasteiger partial charge in [0.1, 0.15) is 0 Å². The van der Waals surface area contributed by atoms with Gasteiger partial charge in [0.05, 0.1) is 4.92 Å². The van der Waals surface area contributed by atoms with E-state index < -0.39 is 4.92 Å². The van der Waals surface area contributed by atoms with Crippen molar-refractivity contribution in [3.63, 3.8) is 0 Å². The number of nitro groups is 1. The lowest BCUT2D eigenvalue weighted by atomic mass is 10.3. The van der Waals surface area contributed by atoms with Gasteiger partial charge in [0.25, 0.3) is 0 Å². The minimum Gasteiger partial charge on any atom is -0.432 e. The third kappa shape index (κ3) is 2.49. The lowest BCUT2D eigenvalue weighted by molar-refractivity contribution is -0.385. The molecule has 0 spiro atoms. The molecular formula is C11H9N3O3. The van der Waals surface area contributed by atoms with Crippen LogP contribution < -0.4 is 10.5 Å². The normalized spacial score (nSPS) is 9.88. The third-order valence-corrected chi connectivity index (χ3v) is 2.04. The van der Waals surface area contributed by atoms with Gasteiger partial charge in [-0.05, 0) is 12.1 Å². The minimum atomic E-state index is -0.512. The summed E-state index contributed by atoms with van der Waals surface area (Å²) >= 11 is 0.